The van der Waals surface area contributed by atoms with Crippen molar-refractivity contribution in [3.63, 3.8) is 0 Å². The molecule has 14 heavy (non-hydrogen) atoms. The SMILES string of the molecule is C=C(C(C)=O)c1ccccc1/C=C\C. The van der Waals surface area contributed by atoms with Crippen molar-refractivity contribution in [1.29, 1.82) is 0 Å². The molecule has 0 aliphatic heterocycles. The summed E-state index contributed by atoms with van der Waals surface area (Å²) in [4.78, 5) is 11.2. The standard InChI is InChI=1S/C13H14O/c1-4-7-12-8-5-6-9-13(12)10(2)11(3)14/h4-9H,2H2,1,3H3/b7-4-. The number of benzene rings is 1. The largest absolute Gasteiger partial charge is 0.295 e. The van der Waals surface area contributed by atoms with E-state index in [-0.39, 0.29) is 5.78 Å². The first-order valence-electron chi connectivity index (χ1n) is 4.58. The lowest BCUT2D eigenvalue weighted by atomic mass is 9.98. The van der Waals surface area contributed by atoms with E-state index >= 15 is 0 Å². The van der Waals surface area contributed by atoms with Gasteiger partial charge < -0.3 is 0 Å². The molecule has 0 N–H and O–H groups in total. The van der Waals surface area contributed by atoms with Crippen molar-refractivity contribution in [2.75, 3.05) is 0 Å². The summed E-state index contributed by atoms with van der Waals surface area (Å²) in [6.07, 6.45) is 3.93. The number of Topliss-reactive ketones (excluding diaryl/α,β-unsaturated/α-hetero) is 1. The number of allylic oxidation sites excluding steroid dienone is 2. The highest BCUT2D eigenvalue weighted by atomic mass is 16.1. The number of hydrogen-bond donors (Lipinski definition) is 0. The molecule has 0 atom stereocenters. The Labute approximate surface area is 84.8 Å². The molecule has 1 aromatic rings. The zero-order chi connectivity index (χ0) is 10.6. The summed E-state index contributed by atoms with van der Waals surface area (Å²) >= 11 is 0. The molecule has 1 rings (SSSR count). The first kappa shape index (κ1) is 10.5. The van der Waals surface area contributed by atoms with E-state index in [0.717, 1.165) is 11.1 Å². The Balaban J connectivity index is 3.19. The third kappa shape index (κ3) is 2.19. The van der Waals surface area contributed by atoms with Crippen molar-refractivity contribution in [3.05, 3.63) is 48.0 Å². The molecule has 0 aliphatic rings. The smallest absolute Gasteiger partial charge is 0.159 e. The molecule has 0 unspecified atom stereocenters. The molecule has 0 radical (unpaired) electrons. The van der Waals surface area contributed by atoms with Gasteiger partial charge in [0.2, 0.25) is 0 Å². The normalized spacial score (nSPS) is 10.4. The van der Waals surface area contributed by atoms with Crippen LogP contribution in [0.5, 0.6) is 0 Å². The number of carbonyl (C=O) groups is 1. The van der Waals surface area contributed by atoms with E-state index in [1.165, 1.54) is 6.92 Å². The van der Waals surface area contributed by atoms with E-state index in [1.54, 1.807) is 0 Å². The summed E-state index contributed by atoms with van der Waals surface area (Å²) < 4.78 is 0. The lowest BCUT2D eigenvalue weighted by molar-refractivity contribution is -0.111. The first-order chi connectivity index (χ1) is 6.66. The summed E-state index contributed by atoms with van der Waals surface area (Å²) in [6.45, 7) is 7.27. The molecule has 0 spiro atoms. The molecule has 0 saturated heterocycles. The van der Waals surface area contributed by atoms with Gasteiger partial charge in [-0.15, -0.1) is 0 Å². The maximum atomic E-state index is 11.2. The van der Waals surface area contributed by atoms with Crippen LogP contribution in [0.25, 0.3) is 11.6 Å². The number of rotatable bonds is 3. The second-order valence-electron chi connectivity index (χ2n) is 3.12. The second-order valence-corrected chi connectivity index (χ2v) is 3.12. The van der Waals surface area contributed by atoms with Gasteiger partial charge in [-0.2, -0.15) is 0 Å². The number of hydrogen-bond acceptors (Lipinski definition) is 1. The predicted molar refractivity (Wildman–Crippen MR) is 60.9 cm³/mol. The molecule has 1 heteroatoms. The van der Waals surface area contributed by atoms with E-state index in [2.05, 4.69) is 6.58 Å². The third-order valence-electron chi connectivity index (χ3n) is 2.06. The lowest BCUT2D eigenvalue weighted by Gasteiger charge is -2.05. The van der Waals surface area contributed by atoms with Crippen LogP contribution in [0.2, 0.25) is 0 Å². The molecule has 0 aromatic heterocycles. The van der Waals surface area contributed by atoms with Crippen LogP contribution in [0.3, 0.4) is 0 Å². The van der Waals surface area contributed by atoms with Gasteiger partial charge >= 0.3 is 0 Å². The maximum Gasteiger partial charge on any atom is 0.159 e. The minimum atomic E-state index is 0.0157. The molecule has 0 fully saturated rings. The average Bonchev–Trinajstić information content (AvgIpc) is 2.18. The average molecular weight is 186 g/mol. The van der Waals surface area contributed by atoms with E-state index in [0.29, 0.717) is 5.57 Å². The number of ketones is 1. The van der Waals surface area contributed by atoms with Gasteiger partial charge in [-0.25, -0.2) is 0 Å². The van der Waals surface area contributed by atoms with Crippen LogP contribution in [0.1, 0.15) is 25.0 Å². The van der Waals surface area contributed by atoms with Gasteiger partial charge in [0.25, 0.3) is 0 Å². The van der Waals surface area contributed by atoms with E-state index < -0.39 is 0 Å². The van der Waals surface area contributed by atoms with Crippen LogP contribution in [0.4, 0.5) is 0 Å². The molecule has 0 aliphatic carbocycles. The topological polar surface area (TPSA) is 17.1 Å². The summed E-state index contributed by atoms with van der Waals surface area (Å²) in [5, 5.41) is 0. The van der Waals surface area contributed by atoms with Gasteiger partial charge in [-0.1, -0.05) is 43.0 Å². The van der Waals surface area contributed by atoms with E-state index in [9.17, 15) is 4.79 Å². The number of carbonyl (C=O) groups excluding carboxylic acids is 1. The van der Waals surface area contributed by atoms with Crippen molar-refractivity contribution in [2.45, 2.75) is 13.8 Å². The Morgan fingerprint density at radius 2 is 2.00 bits per heavy atom. The zero-order valence-electron chi connectivity index (χ0n) is 8.58. The monoisotopic (exact) mass is 186 g/mol. The Hall–Kier alpha value is -1.63. The highest BCUT2D eigenvalue weighted by Gasteiger charge is 2.06. The molecule has 1 aromatic carbocycles. The molecule has 1 nitrogen and oxygen atoms in total. The molecular formula is C13H14O. The van der Waals surface area contributed by atoms with Crippen LogP contribution in [0, 0.1) is 0 Å². The molecular weight excluding hydrogens is 172 g/mol. The fourth-order valence-corrected chi connectivity index (χ4v) is 1.29. The third-order valence-corrected chi connectivity index (χ3v) is 2.06. The van der Waals surface area contributed by atoms with E-state index in [4.69, 9.17) is 0 Å². The van der Waals surface area contributed by atoms with Crippen LogP contribution in [0.15, 0.2) is 36.9 Å². The second kappa shape index (κ2) is 4.56. The van der Waals surface area contributed by atoms with Gasteiger partial charge in [-0.05, 0) is 25.0 Å². The van der Waals surface area contributed by atoms with Crippen LogP contribution in [-0.4, -0.2) is 5.78 Å². The van der Waals surface area contributed by atoms with Crippen molar-refractivity contribution in [2.24, 2.45) is 0 Å². The van der Waals surface area contributed by atoms with Gasteiger partial charge in [0.15, 0.2) is 5.78 Å². The van der Waals surface area contributed by atoms with Crippen LogP contribution < -0.4 is 0 Å². The molecule has 72 valence electrons. The Bertz CT molecular complexity index is 386. The zero-order valence-corrected chi connectivity index (χ0v) is 8.58. The van der Waals surface area contributed by atoms with Gasteiger partial charge in [0.1, 0.15) is 0 Å². The molecule has 0 bridgehead atoms. The summed E-state index contributed by atoms with van der Waals surface area (Å²) in [5.74, 6) is 0.0157. The molecule has 0 heterocycles. The van der Waals surface area contributed by atoms with Crippen LogP contribution >= 0.6 is 0 Å². The van der Waals surface area contributed by atoms with Gasteiger partial charge in [0.05, 0.1) is 0 Å². The summed E-state index contributed by atoms with van der Waals surface area (Å²) in [6, 6.07) is 7.76. The Kier molecular flexibility index (Phi) is 3.41. The van der Waals surface area contributed by atoms with Gasteiger partial charge in [-0.3, -0.25) is 4.79 Å². The molecule has 0 amide bonds. The lowest BCUT2D eigenvalue weighted by Crippen LogP contribution is -1.96. The van der Waals surface area contributed by atoms with Crippen molar-refractivity contribution >= 4 is 17.4 Å². The Morgan fingerprint density at radius 1 is 1.36 bits per heavy atom. The highest BCUT2D eigenvalue weighted by molar-refractivity contribution is 6.19. The summed E-state index contributed by atoms with van der Waals surface area (Å²) in [7, 11) is 0. The van der Waals surface area contributed by atoms with Crippen molar-refractivity contribution in [1.82, 2.24) is 0 Å². The van der Waals surface area contributed by atoms with Crippen molar-refractivity contribution in [3.8, 4) is 0 Å². The minimum Gasteiger partial charge on any atom is -0.295 e. The maximum absolute atomic E-state index is 11.2. The highest BCUT2D eigenvalue weighted by Crippen LogP contribution is 2.19. The van der Waals surface area contributed by atoms with Gasteiger partial charge in [0, 0.05) is 5.57 Å². The fourth-order valence-electron chi connectivity index (χ4n) is 1.29. The quantitative estimate of drug-likeness (QED) is 0.662. The van der Waals surface area contributed by atoms with Crippen LogP contribution in [-0.2, 0) is 4.79 Å². The van der Waals surface area contributed by atoms with E-state index in [1.807, 2.05) is 43.3 Å². The first-order valence-corrected chi connectivity index (χ1v) is 4.58. The minimum absolute atomic E-state index is 0.0157. The Morgan fingerprint density at radius 3 is 2.57 bits per heavy atom. The summed E-state index contributed by atoms with van der Waals surface area (Å²) in [5.41, 5.74) is 2.52. The van der Waals surface area contributed by atoms with Crippen molar-refractivity contribution < 1.29 is 4.79 Å². The fraction of sp³-hybridized carbons (Fsp3) is 0.154. The molecule has 0 saturated carbocycles. The predicted octanol–water partition coefficient (Wildman–Crippen LogP) is 3.32.